The first-order valence-electron chi connectivity index (χ1n) is 10.5. The summed E-state index contributed by atoms with van der Waals surface area (Å²) in [4.78, 5) is 55.7. The standard InChI is InChI=1S/C23H25N5O4/c1-14(21(31)25-17-6-3-5-16(13-17)15(2)29)28-12-10-23(9-8-19(28)30)26-20-18(22(32)27-23)7-4-11-24-20/h3-7,11,13-14H,8-10,12H2,1-2H3,(H,24,26)(H,25,31)(H,27,32)/t14-,23-/m1/s1. The quantitative estimate of drug-likeness (QED) is 0.633. The predicted octanol–water partition coefficient (Wildman–Crippen LogP) is 2.18. The molecule has 2 atom stereocenters. The summed E-state index contributed by atoms with van der Waals surface area (Å²) in [5, 5.41) is 9.07. The number of nitrogens with one attached hydrogen (secondary N) is 3. The number of pyridine rings is 1. The van der Waals surface area contributed by atoms with Gasteiger partial charge >= 0.3 is 0 Å². The monoisotopic (exact) mass is 435 g/mol. The van der Waals surface area contributed by atoms with E-state index in [9.17, 15) is 19.2 Å². The number of ketones is 1. The highest BCUT2D eigenvalue weighted by Crippen LogP contribution is 2.31. The summed E-state index contributed by atoms with van der Waals surface area (Å²) in [5.41, 5.74) is 0.661. The lowest BCUT2D eigenvalue weighted by Crippen LogP contribution is -2.58. The predicted molar refractivity (Wildman–Crippen MR) is 118 cm³/mol. The Labute approximate surface area is 185 Å². The third-order valence-corrected chi connectivity index (χ3v) is 6.01. The van der Waals surface area contributed by atoms with Crippen molar-refractivity contribution in [1.29, 1.82) is 0 Å². The van der Waals surface area contributed by atoms with Crippen molar-refractivity contribution in [2.24, 2.45) is 0 Å². The number of Topliss-reactive ketones (excluding diaryl/α,β-unsaturated/α-hetero) is 1. The second-order valence-corrected chi connectivity index (χ2v) is 8.20. The average Bonchev–Trinajstić information content (AvgIpc) is 2.92. The van der Waals surface area contributed by atoms with Gasteiger partial charge in [-0.05, 0) is 44.5 Å². The molecule has 1 saturated heterocycles. The number of rotatable bonds is 4. The second-order valence-electron chi connectivity index (χ2n) is 8.20. The zero-order valence-electron chi connectivity index (χ0n) is 18.0. The first-order valence-corrected chi connectivity index (χ1v) is 10.5. The Bertz CT molecular complexity index is 1100. The average molecular weight is 435 g/mol. The van der Waals surface area contributed by atoms with Crippen LogP contribution in [0.15, 0.2) is 42.6 Å². The molecular formula is C23H25N5O4. The number of anilines is 2. The summed E-state index contributed by atoms with van der Waals surface area (Å²) >= 11 is 0. The molecule has 0 saturated carbocycles. The maximum absolute atomic E-state index is 12.9. The van der Waals surface area contributed by atoms with Gasteiger partial charge in [0.1, 0.15) is 17.5 Å². The highest BCUT2D eigenvalue weighted by molar-refractivity contribution is 6.01. The summed E-state index contributed by atoms with van der Waals surface area (Å²) in [7, 11) is 0. The molecule has 1 aromatic heterocycles. The topological polar surface area (TPSA) is 121 Å². The van der Waals surface area contributed by atoms with Gasteiger partial charge in [0, 0.05) is 36.8 Å². The fraction of sp³-hybridized carbons (Fsp3) is 0.348. The van der Waals surface area contributed by atoms with Crippen LogP contribution in [0.3, 0.4) is 0 Å². The lowest BCUT2D eigenvalue weighted by molar-refractivity contribution is -0.137. The number of carbonyl (C=O) groups excluding carboxylic acids is 4. The molecule has 0 unspecified atom stereocenters. The van der Waals surface area contributed by atoms with Crippen LogP contribution in [0.5, 0.6) is 0 Å². The van der Waals surface area contributed by atoms with Crippen LogP contribution in [0.4, 0.5) is 11.5 Å². The minimum Gasteiger partial charge on any atom is -0.347 e. The molecule has 9 nitrogen and oxygen atoms in total. The third-order valence-electron chi connectivity index (χ3n) is 6.01. The van der Waals surface area contributed by atoms with E-state index in [2.05, 4.69) is 20.9 Å². The summed E-state index contributed by atoms with van der Waals surface area (Å²) in [6.45, 7) is 3.42. The van der Waals surface area contributed by atoms with E-state index in [1.807, 2.05) is 0 Å². The van der Waals surface area contributed by atoms with Gasteiger partial charge in [-0.2, -0.15) is 0 Å². The molecule has 1 fully saturated rings. The van der Waals surface area contributed by atoms with Gasteiger partial charge in [0.2, 0.25) is 11.8 Å². The van der Waals surface area contributed by atoms with Crippen LogP contribution < -0.4 is 16.0 Å². The number of aromatic nitrogens is 1. The number of fused-ring (bicyclic) bond motifs is 1. The van der Waals surface area contributed by atoms with Crippen LogP contribution in [-0.4, -0.2) is 51.6 Å². The number of likely N-dealkylation sites (tertiary alicyclic amines) is 1. The van der Waals surface area contributed by atoms with E-state index in [1.165, 1.54) is 11.8 Å². The van der Waals surface area contributed by atoms with Crippen LogP contribution in [-0.2, 0) is 9.59 Å². The molecule has 9 heteroatoms. The summed E-state index contributed by atoms with van der Waals surface area (Å²) in [6, 6.07) is 9.35. The maximum Gasteiger partial charge on any atom is 0.256 e. The van der Waals surface area contributed by atoms with Gasteiger partial charge in [-0.15, -0.1) is 0 Å². The van der Waals surface area contributed by atoms with Crippen LogP contribution in [0.25, 0.3) is 0 Å². The fourth-order valence-electron chi connectivity index (χ4n) is 4.12. The number of nitrogens with zero attached hydrogens (tertiary/aromatic N) is 2. The number of carbonyl (C=O) groups is 4. The zero-order valence-corrected chi connectivity index (χ0v) is 18.0. The normalized spacial score (nSPS) is 21.1. The van der Waals surface area contributed by atoms with Crippen LogP contribution in [0.2, 0.25) is 0 Å². The lowest BCUT2D eigenvalue weighted by atomic mass is 9.97. The van der Waals surface area contributed by atoms with Crippen molar-refractivity contribution in [3.8, 4) is 0 Å². The molecule has 4 rings (SSSR count). The second kappa shape index (κ2) is 8.41. The van der Waals surface area contributed by atoms with E-state index in [0.717, 1.165) is 0 Å². The molecule has 0 radical (unpaired) electrons. The molecule has 0 bridgehead atoms. The van der Waals surface area contributed by atoms with Gasteiger partial charge < -0.3 is 20.9 Å². The molecule has 166 valence electrons. The summed E-state index contributed by atoms with van der Waals surface area (Å²) in [6.07, 6.45) is 2.60. The van der Waals surface area contributed by atoms with Crippen molar-refractivity contribution in [2.75, 3.05) is 17.2 Å². The Kier molecular flexibility index (Phi) is 5.65. The molecule has 2 aromatic rings. The van der Waals surface area contributed by atoms with Crippen molar-refractivity contribution >= 4 is 35.0 Å². The van der Waals surface area contributed by atoms with E-state index in [1.54, 1.807) is 49.5 Å². The van der Waals surface area contributed by atoms with Gasteiger partial charge in [0.05, 0.1) is 5.56 Å². The Balaban J connectivity index is 1.47. The molecule has 1 spiro atoms. The zero-order chi connectivity index (χ0) is 22.9. The van der Waals surface area contributed by atoms with Gasteiger partial charge in [-0.25, -0.2) is 4.98 Å². The molecule has 32 heavy (non-hydrogen) atoms. The largest absolute Gasteiger partial charge is 0.347 e. The Hall–Kier alpha value is -3.75. The van der Waals surface area contributed by atoms with Gasteiger partial charge in [0.15, 0.2) is 5.78 Å². The number of benzene rings is 1. The van der Waals surface area contributed by atoms with Crippen LogP contribution in [0, 0.1) is 0 Å². The SMILES string of the molecule is CC(=O)c1cccc(NC(=O)[C@@H](C)N2CC[C@@]3(CCC2=O)NC(=O)c2cccnc2N3)c1. The molecule has 1 aromatic carbocycles. The number of amides is 3. The van der Waals surface area contributed by atoms with Crippen molar-refractivity contribution in [3.05, 3.63) is 53.7 Å². The van der Waals surface area contributed by atoms with E-state index in [0.29, 0.717) is 35.5 Å². The molecule has 3 heterocycles. The molecule has 2 aliphatic heterocycles. The highest BCUT2D eigenvalue weighted by atomic mass is 16.2. The van der Waals surface area contributed by atoms with Gasteiger partial charge in [-0.3, -0.25) is 19.2 Å². The Morgan fingerprint density at radius 1 is 1.16 bits per heavy atom. The first-order chi connectivity index (χ1) is 15.3. The minimum atomic E-state index is -0.797. The molecular weight excluding hydrogens is 410 g/mol. The van der Waals surface area contributed by atoms with Gasteiger partial charge in [0.25, 0.3) is 5.91 Å². The Morgan fingerprint density at radius 3 is 2.75 bits per heavy atom. The molecule has 3 amide bonds. The van der Waals surface area contributed by atoms with Crippen molar-refractivity contribution in [3.63, 3.8) is 0 Å². The van der Waals surface area contributed by atoms with Gasteiger partial charge in [-0.1, -0.05) is 12.1 Å². The third kappa shape index (κ3) is 4.18. The highest BCUT2D eigenvalue weighted by Gasteiger charge is 2.42. The smallest absolute Gasteiger partial charge is 0.256 e. The van der Waals surface area contributed by atoms with Crippen molar-refractivity contribution < 1.29 is 19.2 Å². The van der Waals surface area contributed by atoms with Crippen LogP contribution in [0.1, 0.15) is 53.8 Å². The number of hydrogen-bond donors (Lipinski definition) is 3. The lowest BCUT2D eigenvalue weighted by Gasteiger charge is -2.39. The maximum atomic E-state index is 12.9. The fourth-order valence-corrected chi connectivity index (χ4v) is 4.12. The molecule has 0 aliphatic carbocycles. The van der Waals surface area contributed by atoms with E-state index >= 15 is 0 Å². The minimum absolute atomic E-state index is 0.0970. The summed E-state index contributed by atoms with van der Waals surface area (Å²) in [5.74, 6) is -0.343. The Morgan fingerprint density at radius 2 is 1.97 bits per heavy atom. The first kappa shape index (κ1) is 21.5. The number of hydrogen-bond acceptors (Lipinski definition) is 6. The summed E-state index contributed by atoms with van der Waals surface area (Å²) < 4.78 is 0. The molecule has 2 aliphatic rings. The van der Waals surface area contributed by atoms with Crippen molar-refractivity contribution in [2.45, 2.75) is 44.8 Å². The van der Waals surface area contributed by atoms with Crippen molar-refractivity contribution in [1.82, 2.24) is 15.2 Å². The van der Waals surface area contributed by atoms with E-state index in [4.69, 9.17) is 0 Å². The van der Waals surface area contributed by atoms with E-state index < -0.39 is 11.7 Å². The van der Waals surface area contributed by atoms with Crippen LogP contribution >= 0.6 is 0 Å². The molecule has 3 N–H and O–H groups in total. The van der Waals surface area contributed by atoms with E-state index in [-0.39, 0.29) is 36.5 Å².